The number of carboxylic acid groups (broad SMARTS) is 1. The molecule has 0 atom stereocenters. The molecule has 0 unspecified atom stereocenters. The van der Waals surface area contributed by atoms with E-state index in [1.165, 1.54) is 12.1 Å². The van der Waals surface area contributed by atoms with Crippen LogP contribution in [0, 0.1) is 0 Å². The highest BCUT2D eigenvalue weighted by Crippen LogP contribution is 2.13. The third-order valence-corrected chi connectivity index (χ3v) is 3.17. The highest BCUT2D eigenvalue weighted by atomic mass is 35.5. The van der Waals surface area contributed by atoms with Crippen LogP contribution in [0.1, 0.15) is 20.8 Å². The molecule has 0 saturated carbocycles. The Labute approximate surface area is 132 Å². The minimum absolute atomic E-state index is 0.196. The number of hydrogen-bond donors (Lipinski definition) is 2. The number of nitrogens with one attached hydrogen (secondary N) is 1. The summed E-state index contributed by atoms with van der Waals surface area (Å²) in [6.45, 7) is 0.596. The summed E-state index contributed by atoms with van der Waals surface area (Å²) < 4.78 is 7.06. The quantitative estimate of drug-likeness (QED) is 0.799. The van der Waals surface area contributed by atoms with E-state index in [1.807, 2.05) is 0 Å². The SMILES string of the molecule is Cn1cc(Cl)cc1C(=O)NCCOc1ccc(C(=O)O)cc1. The number of rotatable bonds is 6. The Morgan fingerprint density at radius 1 is 1.32 bits per heavy atom. The second-order valence-electron chi connectivity index (χ2n) is 4.59. The first kappa shape index (κ1) is 15.9. The summed E-state index contributed by atoms with van der Waals surface area (Å²) in [4.78, 5) is 22.6. The van der Waals surface area contributed by atoms with E-state index in [-0.39, 0.29) is 18.1 Å². The predicted molar refractivity (Wildman–Crippen MR) is 81.7 cm³/mol. The molecule has 2 aromatic rings. The standard InChI is InChI=1S/C15H15ClN2O4/c1-18-9-11(16)8-13(18)14(19)17-6-7-22-12-4-2-10(3-5-12)15(20)21/h2-5,8-9H,6-7H2,1H3,(H,17,19)(H,20,21). The van der Waals surface area contributed by atoms with Crippen LogP contribution in [0.4, 0.5) is 0 Å². The van der Waals surface area contributed by atoms with Crippen molar-refractivity contribution in [2.45, 2.75) is 0 Å². The number of carbonyl (C=O) groups excluding carboxylic acids is 1. The molecule has 1 aromatic heterocycles. The van der Waals surface area contributed by atoms with E-state index >= 15 is 0 Å². The number of aromatic carboxylic acids is 1. The zero-order valence-electron chi connectivity index (χ0n) is 11.9. The van der Waals surface area contributed by atoms with E-state index in [2.05, 4.69) is 5.32 Å². The van der Waals surface area contributed by atoms with Crippen LogP contribution in [0.25, 0.3) is 0 Å². The van der Waals surface area contributed by atoms with E-state index in [4.69, 9.17) is 21.4 Å². The molecule has 0 aliphatic heterocycles. The van der Waals surface area contributed by atoms with Crippen molar-refractivity contribution in [3.63, 3.8) is 0 Å². The lowest BCUT2D eigenvalue weighted by Crippen LogP contribution is -2.29. The number of ether oxygens (including phenoxy) is 1. The van der Waals surface area contributed by atoms with Gasteiger partial charge in [0.2, 0.25) is 0 Å². The average molecular weight is 323 g/mol. The normalized spacial score (nSPS) is 10.3. The van der Waals surface area contributed by atoms with E-state index in [9.17, 15) is 9.59 Å². The van der Waals surface area contributed by atoms with Crippen LogP contribution in [0.3, 0.4) is 0 Å². The van der Waals surface area contributed by atoms with Gasteiger partial charge in [0.05, 0.1) is 17.1 Å². The second-order valence-corrected chi connectivity index (χ2v) is 5.02. The Morgan fingerprint density at radius 3 is 2.55 bits per heavy atom. The Morgan fingerprint density at radius 2 is 2.00 bits per heavy atom. The fraction of sp³-hybridized carbons (Fsp3) is 0.200. The molecule has 22 heavy (non-hydrogen) atoms. The molecule has 0 fully saturated rings. The maximum atomic E-state index is 11.9. The van der Waals surface area contributed by atoms with Crippen molar-refractivity contribution in [2.24, 2.45) is 7.05 Å². The second kappa shape index (κ2) is 7.00. The zero-order chi connectivity index (χ0) is 16.1. The van der Waals surface area contributed by atoms with Crippen molar-refractivity contribution >= 4 is 23.5 Å². The molecule has 0 bridgehead atoms. The molecule has 7 heteroatoms. The maximum Gasteiger partial charge on any atom is 0.335 e. The number of halogens is 1. The van der Waals surface area contributed by atoms with Crippen molar-refractivity contribution in [3.8, 4) is 5.75 Å². The van der Waals surface area contributed by atoms with Gasteiger partial charge in [0.1, 0.15) is 18.1 Å². The van der Waals surface area contributed by atoms with Gasteiger partial charge < -0.3 is 19.7 Å². The fourth-order valence-electron chi connectivity index (χ4n) is 1.87. The van der Waals surface area contributed by atoms with Crippen molar-refractivity contribution in [1.82, 2.24) is 9.88 Å². The summed E-state index contributed by atoms with van der Waals surface area (Å²) in [7, 11) is 1.74. The first-order valence-corrected chi connectivity index (χ1v) is 6.91. The molecule has 1 amide bonds. The summed E-state index contributed by atoms with van der Waals surface area (Å²) in [6, 6.07) is 7.65. The van der Waals surface area contributed by atoms with Gasteiger partial charge in [0, 0.05) is 13.2 Å². The van der Waals surface area contributed by atoms with Gasteiger partial charge in [0.15, 0.2) is 0 Å². The molecule has 1 aromatic carbocycles. The van der Waals surface area contributed by atoms with Gasteiger partial charge in [-0.2, -0.15) is 0 Å². The Balaban J connectivity index is 1.78. The molecule has 0 spiro atoms. The van der Waals surface area contributed by atoms with E-state index < -0.39 is 5.97 Å². The Bertz CT molecular complexity index is 679. The largest absolute Gasteiger partial charge is 0.492 e. The molecule has 1 heterocycles. The van der Waals surface area contributed by atoms with Crippen LogP contribution in [-0.2, 0) is 7.05 Å². The van der Waals surface area contributed by atoms with Gasteiger partial charge in [-0.25, -0.2) is 4.79 Å². The number of amides is 1. The molecule has 0 radical (unpaired) electrons. The molecular formula is C15H15ClN2O4. The van der Waals surface area contributed by atoms with E-state index in [1.54, 1.807) is 36.0 Å². The molecule has 2 rings (SSSR count). The fourth-order valence-corrected chi connectivity index (χ4v) is 2.12. The van der Waals surface area contributed by atoms with Crippen molar-refractivity contribution in [2.75, 3.05) is 13.2 Å². The zero-order valence-corrected chi connectivity index (χ0v) is 12.6. The number of benzene rings is 1. The Hall–Kier alpha value is -2.47. The highest BCUT2D eigenvalue weighted by Gasteiger charge is 2.10. The molecular weight excluding hydrogens is 308 g/mol. The summed E-state index contributed by atoms with van der Waals surface area (Å²) in [5.74, 6) is -0.680. The predicted octanol–water partition coefficient (Wildman–Crippen LogP) is 2.19. The van der Waals surface area contributed by atoms with Crippen LogP contribution in [0.15, 0.2) is 36.5 Å². The third kappa shape index (κ3) is 4.02. The van der Waals surface area contributed by atoms with E-state index in [0.717, 1.165) is 0 Å². The van der Waals surface area contributed by atoms with Crippen LogP contribution in [0.2, 0.25) is 5.02 Å². The van der Waals surface area contributed by atoms with Gasteiger partial charge in [-0.3, -0.25) is 4.79 Å². The third-order valence-electron chi connectivity index (χ3n) is 2.96. The monoisotopic (exact) mass is 322 g/mol. The highest BCUT2D eigenvalue weighted by molar-refractivity contribution is 6.31. The number of hydrogen-bond acceptors (Lipinski definition) is 3. The number of nitrogens with zero attached hydrogens (tertiary/aromatic N) is 1. The lowest BCUT2D eigenvalue weighted by molar-refractivity contribution is 0.0696. The van der Waals surface area contributed by atoms with Crippen LogP contribution < -0.4 is 10.1 Å². The summed E-state index contributed by atoms with van der Waals surface area (Å²) in [6.07, 6.45) is 1.65. The summed E-state index contributed by atoms with van der Waals surface area (Å²) in [5, 5.41) is 12.0. The average Bonchev–Trinajstić information content (AvgIpc) is 2.82. The Kier molecular flexibility index (Phi) is 5.06. The number of carboxylic acids is 1. The van der Waals surface area contributed by atoms with Gasteiger partial charge in [-0.15, -0.1) is 0 Å². The van der Waals surface area contributed by atoms with Crippen molar-refractivity contribution < 1.29 is 19.4 Å². The summed E-state index contributed by atoms with van der Waals surface area (Å²) in [5.41, 5.74) is 0.664. The van der Waals surface area contributed by atoms with Gasteiger partial charge in [-0.05, 0) is 30.3 Å². The molecule has 0 saturated heterocycles. The number of aromatic nitrogens is 1. The van der Waals surface area contributed by atoms with Crippen molar-refractivity contribution in [1.29, 1.82) is 0 Å². The minimum Gasteiger partial charge on any atom is -0.492 e. The van der Waals surface area contributed by atoms with Crippen LogP contribution >= 0.6 is 11.6 Å². The molecule has 6 nitrogen and oxygen atoms in total. The molecule has 0 aliphatic carbocycles. The lowest BCUT2D eigenvalue weighted by atomic mass is 10.2. The van der Waals surface area contributed by atoms with Crippen LogP contribution in [-0.4, -0.2) is 34.7 Å². The maximum absolute atomic E-state index is 11.9. The summed E-state index contributed by atoms with van der Waals surface area (Å²) >= 11 is 5.82. The van der Waals surface area contributed by atoms with Crippen molar-refractivity contribution in [3.05, 3.63) is 52.8 Å². The number of carbonyl (C=O) groups is 2. The minimum atomic E-state index is -0.986. The topological polar surface area (TPSA) is 80.6 Å². The van der Waals surface area contributed by atoms with E-state index in [0.29, 0.717) is 23.0 Å². The molecule has 2 N–H and O–H groups in total. The smallest absolute Gasteiger partial charge is 0.335 e. The van der Waals surface area contributed by atoms with Gasteiger partial charge in [-0.1, -0.05) is 11.6 Å². The lowest BCUT2D eigenvalue weighted by Gasteiger charge is -2.08. The molecule has 116 valence electrons. The van der Waals surface area contributed by atoms with Gasteiger partial charge >= 0.3 is 5.97 Å². The first-order valence-electron chi connectivity index (χ1n) is 6.53. The first-order chi connectivity index (χ1) is 10.5. The molecule has 0 aliphatic rings. The van der Waals surface area contributed by atoms with Crippen LogP contribution in [0.5, 0.6) is 5.75 Å². The van der Waals surface area contributed by atoms with Gasteiger partial charge in [0.25, 0.3) is 5.91 Å². The number of aryl methyl sites for hydroxylation is 1.